The van der Waals surface area contributed by atoms with Crippen molar-refractivity contribution in [2.45, 2.75) is 89.6 Å². The summed E-state index contributed by atoms with van der Waals surface area (Å²) in [4.78, 5) is 0. The molecule has 2 heterocycles. The Balaban J connectivity index is 0.000000198. The van der Waals surface area contributed by atoms with E-state index in [9.17, 15) is 0 Å². The van der Waals surface area contributed by atoms with Crippen LogP contribution in [0.4, 0.5) is 11.4 Å². The van der Waals surface area contributed by atoms with Gasteiger partial charge in [-0.05, 0) is 70.2 Å². The number of nitrogens with zero attached hydrogens (tertiary/aromatic N) is 4. The first-order chi connectivity index (χ1) is 38.5. The molecule has 0 fully saturated rings. The number of hydrogen-bond acceptors (Lipinski definition) is 4. The van der Waals surface area contributed by atoms with Crippen LogP contribution in [-0.4, -0.2) is 42.2 Å². The number of aromatic nitrogens is 4. The van der Waals surface area contributed by atoms with E-state index in [1.54, 1.807) is 0 Å². The average Bonchev–Trinajstić information content (AvgIpc) is 4.25. The standard InChI is InChI=1S/2C34H36N3P.2ClH.Ni/c2*1-25(2)38(26(3)4)34(29-20-12-7-13-21-29)35-30-22-14-15-23-32(30)37-33(28-18-10-6-11-19-28)24-31(36-37)27-16-8-5-9-17-27;;;/h2*5-26,34-35H,1-4H3;2*1H;/q;;;;+2/p-2. The molecule has 0 saturated heterocycles. The van der Waals surface area contributed by atoms with Crippen LogP contribution < -0.4 is 10.6 Å². The van der Waals surface area contributed by atoms with Gasteiger partial charge in [0, 0.05) is 22.3 Å². The van der Waals surface area contributed by atoms with Crippen molar-refractivity contribution < 1.29 is 12.7 Å². The first kappa shape index (κ1) is 58.9. The summed E-state index contributed by atoms with van der Waals surface area (Å²) in [5.74, 6) is 0.466. The first-order valence-corrected chi connectivity index (χ1v) is 32.9. The van der Waals surface area contributed by atoms with Gasteiger partial charge in [0.2, 0.25) is 0 Å². The van der Waals surface area contributed by atoms with Crippen LogP contribution in [0.3, 0.4) is 0 Å². The first-order valence-electron chi connectivity index (χ1n) is 27.1. The molecule has 6 nitrogen and oxygen atoms in total. The van der Waals surface area contributed by atoms with Crippen LogP contribution in [0.2, 0.25) is 0 Å². The van der Waals surface area contributed by atoms with Crippen molar-refractivity contribution in [3.63, 3.8) is 0 Å². The minimum atomic E-state index is -0.347. The van der Waals surface area contributed by atoms with Gasteiger partial charge in [-0.15, -0.1) is 0 Å². The van der Waals surface area contributed by atoms with E-state index in [4.69, 9.17) is 30.6 Å². The topological polar surface area (TPSA) is 59.7 Å². The molecule has 0 aliphatic heterocycles. The van der Waals surface area contributed by atoms with E-state index in [1.807, 2.05) is 12.1 Å². The molecule has 0 radical (unpaired) electrons. The third-order valence-electron chi connectivity index (χ3n) is 13.8. The van der Waals surface area contributed by atoms with Crippen LogP contribution in [0, 0.1) is 0 Å². The van der Waals surface area contributed by atoms with Gasteiger partial charge < -0.3 is 10.6 Å². The molecule has 0 saturated carbocycles. The number of rotatable bonds is 18. The van der Waals surface area contributed by atoms with Gasteiger partial charge in [-0.2, -0.15) is 10.2 Å². The molecule has 79 heavy (non-hydrogen) atoms. The minimum absolute atomic E-state index is 0.233. The van der Waals surface area contributed by atoms with E-state index < -0.39 is 0 Å². The fraction of sp³-hybridized carbons (Fsp3) is 0.206. The quantitative estimate of drug-likeness (QED) is 0.0664. The zero-order chi connectivity index (χ0) is 55.7. The number of halogens is 2. The van der Waals surface area contributed by atoms with Crippen molar-refractivity contribution in [2.75, 3.05) is 10.6 Å². The normalized spacial score (nSPS) is 12.1. The van der Waals surface area contributed by atoms with Crippen molar-refractivity contribution in [1.82, 2.24) is 19.6 Å². The van der Waals surface area contributed by atoms with Gasteiger partial charge in [0.15, 0.2) is 0 Å². The number of hydrogen-bond donors (Lipinski definition) is 2. The molecule has 2 atom stereocenters. The summed E-state index contributed by atoms with van der Waals surface area (Å²) >= 11 is 0.569. The zero-order valence-corrected chi connectivity index (χ0v) is 50.6. The van der Waals surface area contributed by atoms with Crippen LogP contribution in [-0.2, 0) is 12.7 Å². The molecule has 10 aromatic rings. The maximum atomic E-state index is 5.16. The van der Waals surface area contributed by atoms with Gasteiger partial charge in [0.1, 0.15) is 0 Å². The Morgan fingerprint density at radius 1 is 0.354 bits per heavy atom. The van der Waals surface area contributed by atoms with E-state index in [0.29, 0.717) is 35.3 Å². The molecule has 2 N–H and O–H groups in total. The molecule has 10 rings (SSSR count). The Labute approximate surface area is 486 Å². The summed E-state index contributed by atoms with van der Waals surface area (Å²) in [5, 5.41) is 18.4. The molecular formula is C68H72Cl2N6NiP2. The van der Waals surface area contributed by atoms with Gasteiger partial charge >= 0.3 is 33.0 Å². The molecule has 2 aromatic heterocycles. The molecule has 408 valence electrons. The van der Waals surface area contributed by atoms with E-state index in [-0.39, 0.29) is 27.4 Å². The maximum absolute atomic E-state index is 5.16. The average molecular weight is 1160 g/mol. The predicted molar refractivity (Wildman–Crippen MR) is 341 cm³/mol. The fourth-order valence-corrected chi connectivity index (χ4v) is 16.8. The summed E-state index contributed by atoms with van der Waals surface area (Å²) in [6.07, 6.45) is 0. The van der Waals surface area contributed by atoms with Crippen molar-refractivity contribution >= 4 is 47.6 Å². The molecule has 0 aliphatic rings. The molecule has 11 heteroatoms. The van der Waals surface area contributed by atoms with E-state index in [0.717, 1.165) is 67.8 Å². The second-order valence-corrected chi connectivity index (χ2v) is 29.0. The summed E-state index contributed by atoms with van der Waals surface area (Å²) in [6, 6.07) is 85.3. The fourth-order valence-electron chi connectivity index (χ4n) is 10.4. The molecule has 0 bridgehead atoms. The Morgan fingerprint density at radius 2 is 0.608 bits per heavy atom. The van der Waals surface area contributed by atoms with E-state index in [2.05, 4.69) is 306 Å². The van der Waals surface area contributed by atoms with Gasteiger partial charge in [-0.1, -0.05) is 277 Å². The number of nitrogens with one attached hydrogen (secondary N) is 2. The molecule has 2 unspecified atom stereocenters. The summed E-state index contributed by atoms with van der Waals surface area (Å²) < 4.78 is 4.21. The van der Waals surface area contributed by atoms with Gasteiger partial charge in [0.25, 0.3) is 0 Å². The SMILES string of the molecule is CC(C)P(C(C)C)C(Nc1ccccc1-n1nc(-c2ccccc2)cc1-c1ccccc1)c1ccccc1.CC(C)P(C(C)C)C(Nc1ccccc1-n1nc(-c2ccccc2)cc1-c1ccccc1)c1ccccc1.[Cl][Ni][Cl]. The van der Waals surface area contributed by atoms with Gasteiger partial charge in [0.05, 0.1) is 57.1 Å². The second kappa shape index (κ2) is 29.3. The molecule has 0 spiro atoms. The molecular weight excluding hydrogens is 1090 g/mol. The number of para-hydroxylation sites is 4. The predicted octanol–water partition coefficient (Wildman–Crippen LogP) is 20.6. The van der Waals surface area contributed by atoms with E-state index >= 15 is 0 Å². The van der Waals surface area contributed by atoms with Crippen LogP contribution in [0.25, 0.3) is 56.4 Å². The van der Waals surface area contributed by atoms with Crippen molar-refractivity contribution in [1.29, 1.82) is 0 Å². The number of benzene rings is 8. The molecule has 0 amide bonds. The second-order valence-electron chi connectivity index (χ2n) is 20.4. The Morgan fingerprint density at radius 3 is 0.899 bits per heavy atom. The third kappa shape index (κ3) is 15.1. The van der Waals surface area contributed by atoms with Crippen molar-refractivity contribution in [3.05, 3.63) is 254 Å². The van der Waals surface area contributed by atoms with E-state index in [1.165, 1.54) is 11.1 Å². The number of anilines is 2. The monoisotopic (exact) mass is 1160 g/mol. The van der Waals surface area contributed by atoms with Crippen LogP contribution >= 0.6 is 36.2 Å². The van der Waals surface area contributed by atoms with Crippen LogP contribution in [0.5, 0.6) is 0 Å². The van der Waals surface area contributed by atoms with Crippen molar-refractivity contribution in [2.24, 2.45) is 0 Å². The third-order valence-corrected chi connectivity index (χ3v) is 20.6. The molecule has 0 aliphatic carbocycles. The summed E-state index contributed by atoms with van der Waals surface area (Å²) in [7, 11) is 8.71. The molecule has 8 aromatic carbocycles. The van der Waals surface area contributed by atoms with Gasteiger partial charge in [-0.3, -0.25) is 0 Å². The van der Waals surface area contributed by atoms with Crippen LogP contribution in [0.15, 0.2) is 243 Å². The summed E-state index contributed by atoms with van der Waals surface area (Å²) in [6.45, 7) is 18.9. The van der Waals surface area contributed by atoms with Gasteiger partial charge in [-0.25, -0.2) is 9.36 Å². The summed E-state index contributed by atoms with van der Waals surface area (Å²) in [5.41, 5.74) is 17.9. The Kier molecular flexibility index (Phi) is 21.8. The Hall–Kier alpha value is -6.29. The Bertz CT molecular complexity index is 3140. The van der Waals surface area contributed by atoms with Crippen molar-refractivity contribution in [3.8, 4) is 56.4 Å². The zero-order valence-electron chi connectivity index (χ0n) is 46.3. The van der Waals surface area contributed by atoms with Crippen LogP contribution in [0.1, 0.15) is 78.1 Å².